The van der Waals surface area contributed by atoms with Gasteiger partial charge >= 0.3 is 18.3 Å². The standard InChI is InChI=1S/C15H13F5N4O4S/c1-8-7-9(2)22-12(21-8)23-13(25)24-29(26,27)11-6-4-3-5-10(11)28-15(19,20)14(16,17)18/h3-7H,1-2H3,(H2,21,22,23,24,25). The summed E-state index contributed by atoms with van der Waals surface area (Å²) in [5.41, 5.74) is 0.924. The fraction of sp³-hybridized carbons (Fsp3) is 0.267. The number of sulfonamides is 1. The molecule has 0 aliphatic carbocycles. The number of para-hydroxylation sites is 1. The third-order valence-electron chi connectivity index (χ3n) is 3.14. The number of halogens is 5. The summed E-state index contributed by atoms with van der Waals surface area (Å²) in [5.74, 6) is -1.55. The van der Waals surface area contributed by atoms with Crippen molar-refractivity contribution in [3.8, 4) is 5.75 Å². The van der Waals surface area contributed by atoms with Crippen molar-refractivity contribution in [2.24, 2.45) is 0 Å². The average Bonchev–Trinajstić information content (AvgIpc) is 2.51. The Kier molecular flexibility index (Phi) is 5.96. The van der Waals surface area contributed by atoms with E-state index in [1.807, 2.05) is 5.32 Å². The Balaban J connectivity index is 2.26. The Hall–Kier alpha value is -3.03. The molecule has 2 amide bonds. The van der Waals surface area contributed by atoms with Gasteiger partial charge in [-0.1, -0.05) is 12.1 Å². The number of amides is 2. The van der Waals surface area contributed by atoms with Gasteiger partial charge in [-0.3, -0.25) is 5.32 Å². The summed E-state index contributed by atoms with van der Waals surface area (Å²) in [6.07, 6.45) is -11.7. The van der Waals surface area contributed by atoms with Gasteiger partial charge in [0.1, 0.15) is 10.6 Å². The molecule has 0 aliphatic rings. The number of benzene rings is 1. The highest BCUT2D eigenvalue weighted by Gasteiger charge is 2.61. The number of carbonyl (C=O) groups excluding carboxylic acids is 1. The summed E-state index contributed by atoms with van der Waals surface area (Å²) < 4.78 is 93.0. The van der Waals surface area contributed by atoms with E-state index in [1.54, 1.807) is 19.9 Å². The highest BCUT2D eigenvalue weighted by molar-refractivity contribution is 7.90. The van der Waals surface area contributed by atoms with Crippen LogP contribution in [0.15, 0.2) is 35.2 Å². The lowest BCUT2D eigenvalue weighted by Crippen LogP contribution is -2.42. The lowest BCUT2D eigenvalue weighted by atomic mass is 10.3. The maximum atomic E-state index is 13.2. The molecule has 0 saturated heterocycles. The van der Waals surface area contributed by atoms with Gasteiger partial charge in [0, 0.05) is 11.4 Å². The summed E-state index contributed by atoms with van der Waals surface area (Å²) in [6, 6.07) is 3.49. The number of alkyl halides is 5. The molecule has 2 N–H and O–H groups in total. The monoisotopic (exact) mass is 440 g/mol. The zero-order valence-corrected chi connectivity index (χ0v) is 15.5. The first kappa shape index (κ1) is 22.3. The highest BCUT2D eigenvalue weighted by atomic mass is 32.2. The van der Waals surface area contributed by atoms with E-state index in [0.717, 1.165) is 12.1 Å². The van der Waals surface area contributed by atoms with E-state index in [-0.39, 0.29) is 5.95 Å². The minimum atomic E-state index is -6.09. The van der Waals surface area contributed by atoms with Crippen LogP contribution in [-0.4, -0.2) is 36.7 Å². The molecule has 0 fully saturated rings. The Morgan fingerprint density at radius 2 is 1.59 bits per heavy atom. The van der Waals surface area contributed by atoms with Crippen LogP contribution in [0.4, 0.5) is 32.7 Å². The molecule has 0 saturated carbocycles. The number of aromatic nitrogens is 2. The second-order valence-corrected chi connectivity index (χ2v) is 7.25. The number of nitrogens with one attached hydrogen (secondary N) is 2. The number of ether oxygens (including phenoxy) is 1. The van der Waals surface area contributed by atoms with E-state index in [1.165, 1.54) is 4.72 Å². The predicted octanol–water partition coefficient (Wildman–Crippen LogP) is 3.14. The Morgan fingerprint density at radius 1 is 1.03 bits per heavy atom. The Morgan fingerprint density at radius 3 is 2.14 bits per heavy atom. The quantitative estimate of drug-likeness (QED) is 0.692. The molecule has 1 heterocycles. The third-order valence-corrected chi connectivity index (χ3v) is 4.51. The molecule has 2 aromatic rings. The first-order valence-corrected chi connectivity index (χ1v) is 9.08. The minimum absolute atomic E-state index is 0.247. The minimum Gasteiger partial charge on any atom is -0.424 e. The maximum absolute atomic E-state index is 13.2. The highest BCUT2D eigenvalue weighted by Crippen LogP contribution is 2.39. The van der Waals surface area contributed by atoms with E-state index < -0.39 is 39.0 Å². The third kappa shape index (κ3) is 5.49. The van der Waals surface area contributed by atoms with Gasteiger partial charge in [-0.05, 0) is 32.0 Å². The number of hydrogen-bond acceptors (Lipinski definition) is 6. The molecule has 0 unspecified atom stereocenters. The summed E-state index contributed by atoms with van der Waals surface area (Å²) in [5, 5.41) is 2.02. The predicted molar refractivity (Wildman–Crippen MR) is 88.9 cm³/mol. The van der Waals surface area contributed by atoms with Crippen LogP contribution < -0.4 is 14.8 Å². The van der Waals surface area contributed by atoms with E-state index in [0.29, 0.717) is 23.5 Å². The van der Waals surface area contributed by atoms with Gasteiger partial charge in [-0.2, -0.15) is 22.0 Å². The van der Waals surface area contributed by atoms with Crippen molar-refractivity contribution in [1.82, 2.24) is 14.7 Å². The molecular weight excluding hydrogens is 427 g/mol. The van der Waals surface area contributed by atoms with Gasteiger partial charge in [0.25, 0.3) is 10.0 Å². The number of aryl methyl sites for hydroxylation is 2. The van der Waals surface area contributed by atoms with Gasteiger partial charge in [-0.25, -0.2) is 27.9 Å². The largest absolute Gasteiger partial charge is 0.499 e. The van der Waals surface area contributed by atoms with Crippen LogP contribution in [0.3, 0.4) is 0 Å². The molecule has 0 bridgehead atoms. The smallest absolute Gasteiger partial charge is 0.424 e. The molecule has 1 aromatic carbocycles. The van der Waals surface area contributed by atoms with Crippen LogP contribution >= 0.6 is 0 Å². The fourth-order valence-electron chi connectivity index (χ4n) is 2.04. The summed E-state index contributed by atoms with van der Waals surface area (Å²) in [4.78, 5) is 18.5. The Bertz CT molecular complexity index is 1010. The van der Waals surface area contributed by atoms with Gasteiger partial charge in [-0.15, -0.1) is 0 Å². The topological polar surface area (TPSA) is 110 Å². The molecule has 8 nitrogen and oxygen atoms in total. The van der Waals surface area contributed by atoms with Gasteiger partial charge in [0.05, 0.1) is 0 Å². The average molecular weight is 440 g/mol. The van der Waals surface area contributed by atoms with Crippen LogP contribution in [0, 0.1) is 13.8 Å². The number of urea groups is 1. The summed E-state index contributed by atoms with van der Waals surface area (Å²) in [6.45, 7) is 3.17. The molecule has 0 atom stereocenters. The van der Waals surface area contributed by atoms with Crippen LogP contribution in [0.25, 0.3) is 0 Å². The first-order valence-electron chi connectivity index (χ1n) is 7.60. The second kappa shape index (κ2) is 7.77. The molecule has 0 aliphatic heterocycles. The van der Waals surface area contributed by atoms with Crippen molar-refractivity contribution < 1.29 is 39.9 Å². The fourth-order valence-corrected chi connectivity index (χ4v) is 3.08. The second-order valence-electron chi connectivity index (χ2n) is 5.60. The number of nitrogens with zero attached hydrogens (tertiary/aromatic N) is 2. The van der Waals surface area contributed by atoms with E-state index in [9.17, 15) is 35.2 Å². The number of rotatable bonds is 5. The summed E-state index contributed by atoms with van der Waals surface area (Å²) >= 11 is 0. The van der Waals surface area contributed by atoms with Gasteiger partial charge in [0.15, 0.2) is 0 Å². The molecular formula is C15H13F5N4O4S. The van der Waals surface area contributed by atoms with Crippen molar-refractivity contribution in [1.29, 1.82) is 0 Å². The molecule has 1 aromatic heterocycles. The summed E-state index contributed by atoms with van der Waals surface area (Å²) in [7, 11) is -4.89. The number of hydrogen-bond donors (Lipinski definition) is 2. The first-order chi connectivity index (χ1) is 13.2. The van der Waals surface area contributed by atoms with Gasteiger partial charge in [0.2, 0.25) is 5.95 Å². The van der Waals surface area contributed by atoms with Gasteiger partial charge < -0.3 is 4.74 Å². The lowest BCUT2D eigenvalue weighted by molar-refractivity contribution is -0.361. The Labute approximate surface area is 161 Å². The van der Waals surface area contributed by atoms with E-state index >= 15 is 0 Å². The molecule has 158 valence electrons. The van der Waals surface area contributed by atoms with E-state index in [2.05, 4.69) is 14.7 Å². The van der Waals surface area contributed by atoms with Crippen LogP contribution in [0.2, 0.25) is 0 Å². The normalized spacial score (nSPS) is 12.4. The molecule has 29 heavy (non-hydrogen) atoms. The van der Waals surface area contributed by atoms with Crippen LogP contribution in [0.1, 0.15) is 11.4 Å². The van der Waals surface area contributed by atoms with Crippen molar-refractivity contribution >= 4 is 22.0 Å². The molecule has 0 spiro atoms. The van der Waals surface area contributed by atoms with E-state index in [4.69, 9.17) is 0 Å². The van der Waals surface area contributed by atoms with Crippen LogP contribution in [0.5, 0.6) is 5.75 Å². The van der Waals surface area contributed by atoms with Crippen LogP contribution in [-0.2, 0) is 10.0 Å². The van der Waals surface area contributed by atoms with Crippen molar-refractivity contribution in [2.75, 3.05) is 5.32 Å². The molecule has 0 radical (unpaired) electrons. The van der Waals surface area contributed by atoms with Crippen molar-refractivity contribution in [3.05, 3.63) is 41.7 Å². The molecule has 2 rings (SSSR count). The SMILES string of the molecule is Cc1cc(C)nc(NC(=O)NS(=O)(=O)c2ccccc2OC(F)(F)C(F)(F)F)n1. The number of carbonyl (C=O) groups is 1. The zero-order valence-electron chi connectivity index (χ0n) is 14.7. The number of anilines is 1. The zero-order chi connectivity index (χ0) is 22.0. The maximum Gasteiger partial charge on any atom is 0.499 e. The van der Waals surface area contributed by atoms with Crippen molar-refractivity contribution in [2.45, 2.75) is 31.0 Å². The van der Waals surface area contributed by atoms with Crippen molar-refractivity contribution in [3.63, 3.8) is 0 Å². The molecule has 14 heteroatoms. The lowest BCUT2D eigenvalue weighted by Gasteiger charge is -2.21.